The van der Waals surface area contributed by atoms with Gasteiger partial charge in [-0.15, -0.1) is 0 Å². The molecule has 0 spiro atoms. The van der Waals surface area contributed by atoms with Gasteiger partial charge in [0, 0.05) is 6.42 Å². The van der Waals surface area contributed by atoms with Crippen molar-refractivity contribution in [1.29, 1.82) is 5.26 Å². The molecule has 0 aromatic heterocycles. The van der Waals surface area contributed by atoms with Crippen LogP contribution in [0, 0.1) is 11.3 Å². The highest BCUT2D eigenvalue weighted by Gasteiger charge is 1.94. The predicted octanol–water partition coefficient (Wildman–Crippen LogP) is 6.30. The van der Waals surface area contributed by atoms with Crippen LogP contribution in [0.2, 0.25) is 0 Å². The standard InChI is InChI=1S/C20H37NO/c1-20(22)18-16-14-12-10-8-6-4-2-3-5-7-9-11-13-15-17-19-21/h10,12,20,22H,2-9,11,13-18H2,1H3/t20-/m1/s1. The molecule has 128 valence electrons. The van der Waals surface area contributed by atoms with E-state index in [1.165, 1.54) is 64.2 Å². The third-order valence-corrected chi connectivity index (χ3v) is 4.07. The minimum atomic E-state index is -0.147. The normalized spacial score (nSPS) is 12.6. The van der Waals surface area contributed by atoms with Crippen LogP contribution in [0.4, 0.5) is 0 Å². The Kier molecular flexibility index (Phi) is 17.6. The largest absolute Gasteiger partial charge is 0.393 e. The van der Waals surface area contributed by atoms with Gasteiger partial charge in [-0.25, -0.2) is 0 Å². The van der Waals surface area contributed by atoms with Gasteiger partial charge in [0.2, 0.25) is 0 Å². The van der Waals surface area contributed by atoms with Gasteiger partial charge in [-0.2, -0.15) is 5.26 Å². The Hall–Kier alpha value is -0.810. The number of hydrogen-bond acceptors (Lipinski definition) is 2. The predicted molar refractivity (Wildman–Crippen MR) is 95.7 cm³/mol. The van der Waals surface area contributed by atoms with Crippen molar-refractivity contribution >= 4 is 0 Å². The third kappa shape index (κ3) is 19.2. The first kappa shape index (κ1) is 21.2. The third-order valence-electron chi connectivity index (χ3n) is 4.07. The highest BCUT2D eigenvalue weighted by atomic mass is 16.3. The van der Waals surface area contributed by atoms with Crippen molar-refractivity contribution in [2.75, 3.05) is 0 Å². The lowest BCUT2D eigenvalue weighted by atomic mass is 10.1. The molecule has 2 nitrogen and oxygen atoms in total. The summed E-state index contributed by atoms with van der Waals surface area (Å²) in [5, 5.41) is 17.6. The maximum absolute atomic E-state index is 9.14. The first-order valence-corrected chi connectivity index (χ1v) is 9.47. The first-order valence-electron chi connectivity index (χ1n) is 9.47. The Morgan fingerprint density at radius 2 is 1.23 bits per heavy atom. The summed E-state index contributed by atoms with van der Waals surface area (Å²) in [6, 6.07) is 2.21. The van der Waals surface area contributed by atoms with Crippen molar-refractivity contribution in [1.82, 2.24) is 0 Å². The molecule has 1 N–H and O–H groups in total. The molecule has 0 aliphatic carbocycles. The molecule has 0 unspecified atom stereocenters. The molecule has 2 heteroatoms. The van der Waals surface area contributed by atoms with E-state index in [1.807, 2.05) is 6.92 Å². The highest BCUT2D eigenvalue weighted by Crippen LogP contribution is 2.12. The van der Waals surface area contributed by atoms with E-state index in [9.17, 15) is 0 Å². The molecule has 0 rings (SSSR count). The van der Waals surface area contributed by atoms with Crippen LogP contribution < -0.4 is 0 Å². The number of nitriles is 1. The molecule has 1 atom stereocenters. The molecule has 22 heavy (non-hydrogen) atoms. The molecular formula is C20H37NO. The Morgan fingerprint density at radius 1 is 0.773 bits per heavy atom. The number of rotatable bonds is 16. The summed E-state index contributed by atoms with van der Waals surface area (Å²) in [7, 11) is 0. The van der Waals surface area contributed by atoms with Crippen LogP contribution in [-0.4, -0.2) is 11.2 Å². The topological polar surface area (TPSA) is 44.0 Å². The van der Waals surface area contributed by atoms with Gasteiger partial charge in [0.15, 0.2) is 0 Å². The van der Waals surface area contributed by atoms with E-state index in [0.29, 0.717) is 0 Å². The molecule has 0 heterocycles. The lowest BCUT2D eigenvalue weighted by Crippen LogP contribution is -1.97. The van der Waals surface area contributed by atoms with Crippen LogP contribution in [0.3, 0.4) is 0 Å². The monoisotopic (exact) mass is 307 g/mol. The molecule has 0 radical (unpaired) electrons. The van der Waals surface area contributed by atoms with Crippen molar-refractivity contribution in [3.63, 3.8) is 0 Å². The number of aliphatic hydroxyl groups excluding tert-OH is 1. The molecular weight excluding hydrogens is 270 g/mol. The molecule has 0 aliphatic rings. The van der Waals surface area contributed by atoms with E-state index < -0.39 is 0 Å². The van der Waals surface area contributed by atoms with Crippen molar-refractivity contribution in [2.45, 2.75) is 109 Å². The van der Waals surface area contributed by atoms with Crippen LogP contribution >= 0.6 is 0 Å². The molecule has 0 saturated heterocycles. The number of aliphatic hydroxyl groups is 1. The van der Waals surface area contributed by atoms with Gasteiger partial charge in [0.05, 0.1) is 12.2 Å². The van der Waals surface area contributed by atoms with Crippen LogP contribution in [0.5, 0.6) is 0 Å². The summed E-state index contributed by atoms with van der Waals surface area (Å²) in [5.74, 6) is 0. The Bertz CT molecular complexity index is 278. The van der Waals surface area contributed by atoms with Crippen LogP contribution in [0.25, 0.3) is 0 Å². The summed E-state index contributed by atoms with van der Waals surface area (Å²) >= 11 is 0. The number of hydrogen-bond donors (Lipinski definition) is 1. The second kappa shape index (κ2) is 18.2. The lowest BCUT2D eigenvalue weighted by molar-refractivity contribution is 0.182. The van der Waals surface area contributed by atoms with E-state index in [2.05, 4.69) is 18.2 Å². The summed E-state index contributed by atoms with van der Waals surface area (Å²) in [6.07, 6.45) is 22.7. The zero-order chi connectivity index (χ0) is 16.3. The van der Waals surface area contributed by atoms with Gasteiger partial charge < -0.3 is 5.11 Å². The summed E-state index contributed by atoms with van der Waals surface area (Å²) in [6.45, 7) is 1.86. The van der Waals surface area contributed by atoms with Crippen molar-refractivity contribution < 1.29 is 5.11 Å². The Balaban J connectivity index is 3.05. The molecule has 0 amide bonds. The minimum absolute atomic E-state index is 0.147. The minimum Gasteiger partial charge on any atom is -0.393 e. The van der Waals surface area contributed by atoms with Gasteiger partial charge in [-0.3, -0.25) is 0 Å². The lowest BCUT2D eigenvalue weighted by Gasteiger charge is -2.02. The zero-order valence-corrected chi connectivity index (χ0v) is 14.7. The van der Waals surface area contributed by atoms with Gasteiger partial charge in [0.25, 0.3) is 0 Å². The maximum atomic E-state index is 9.14. The van der Waals surface area contributed by atoms with Crippen LogP contribution in [-0.2, 0) is 0 Å². The molecule has 0 saturated carbocycles. The van der Waals surface area contributed by atoms with E-state index in [0.717, 1.165) is 32.1 Å². The Labute approximate surface area is 138 Å². The van der Waals surface area contributed by atoms with E-state index >= 15 is 0 Å². The maximum Gasteiger partial charge on any atom is 0.0621 e. The average molecular weight is 308 g/mol. The van der Waals surface area contributed by atoms with E-state index in [1.54, 1.807) is 0 Å². The highest BCUT2D eigenvalue weighted by molar-refractivity contribution is 4.81. The van der Waals surface area contributed by atoms with Gasteiger partial charge in [0.1, 0.15) is 0 Å². The van der Waals surface area contributed by atoms with Gasteiger partial charge in [-0.1, -0.05) is 63.5 Å². The zero-order valence-electron chi connectivity index (χ0n) is 14.7. The second-order valence-corrected chi connectivity index (χ2v) is 6.48. The van der Waals surface area contributed by atoms with E-state index in [4.69, 9.17) is 10.4 Å². The molecule has 0 aromatic carbocycles. The fraction of sp³-hybridized carbons (Fsp3) is 0.850. The van der Waals surface area contributed by atoms with Crippen molar-refractivity contribution in [3.8, 4) is 6.07 Å². The smallest absolute Gasteiger partial charge is 0.0621 e. The Morgan fingerprint density at radius 3 is 1.73 bits per heavy atom. The molecule has 0 aliphatic heterocycles. The second-order valence-electron chi connectivity index (χ2n) is 6.48. The van der Waals surface area contributed by atoms with Crippen molar-refractivity contribution in [2.24, 2.45) is 0 Å². The average Bonchev–Trinajstić information content (AvgIpc) is 2.50. The number of nitrogens with zero attached hydrogens (tertiary/aromatic N) is 1. The SMILES string of the molecule is C[C@@H](O)CCCC=CCCCCCCCCCCCCC#N. The number of unbranched alkanes of at least 4 members (excludes halogenated alkanes) is 12. The summed E-state index contributed by atoms with van der Waals surface area (Å²) in [5.41, 5.74) is 0. The molecule has 0 bridgehead atoms. The fourth-order valence-electron chi connectivity index (χ4n) is 2.65. The molecule has 0 fully saturated rings. The van der Waals surface area contributed by atoms with Gasteiger partial charge in [-0.05, 0) is 45.4 Å². The summed E-state index contributed by atoms with van der Waals surface area (Å²) in [4.78, 5) is 0. The van der Waals surface area contributed by atoms with E-state index in [-0.39, 0.29) is 6.10 Å². The first-order chi connectivity index (χ1) is 10.8. The van der Waals surface area contributed by atoms with Gasteiger partial charge >= 0.3 is 0 Å². The van der Waals surface area contributed by atoms with Crippen molar-refractivity contribution in [3.05, 3.63) is 12.2 Å². The fourth-order valence-corrected chi connectivity index (χ4v) is 2.65. The van der Waals surface area contributed by atoms with Crippen LogP contribution in [0.15, 0.2) is 12.2 Å². The number of allylic oxidation sites excluding steroid dienone is 2. The summed E-state index contributed by atoms with van der Waals surface area (Å²) < 4.78 is 0. The quantitative estimate of drug-likeness (QED) is 0.268. The molecule has 0 aromatic rings. The van der Waals surface area contributed by atoms with Crippen LogP contribution in [0.1, 0.15) is 103 Å².